The van der Waals surface area contributed by atoms with Crippen molar-refractivity contribution in [2.75, 3.05) is 4.90 Å². The first-order valence-electron chi connectivity index (χ1n) is 18.8. The molecule has 54 heavy (non-hydrogen) atoms. The molecular weight excluding hydrogens is 651 g/mol. The van der Waals surface area contributed by atoms with Crippen LogP contribution in [0.2, 0.25) is 0 Å². The molecule has 0 saturated heterocycles. The molecule has 0 heterocycles. The summed E-state index contributed by atoms with van der Waals surface area (Å²) in [6.07, 6.45) is 0. The summed E-state index contributed by atoms with van der Waals surface area (Å²) in [5.41, 5.74) is 18.4. The van der Waals surface area contributed by atoms with Gasteiger partial charge in [0.1, 0.15) is 0 Å². The second kappa shape index (κ2) is 12.0. The predicted molar refractivity (Wildman–Crippen MR) is 226 cm³/mol. The quantitative estimate of drug-likeness (QED) is 0.174. The Labute approximate surface area is 316 Å². The Kier molecular flexibility index (Phi) is 6.84. The van der Waals surface area contributed by atoms with Crippen LogP contribution in [0.1, 0.15) is 22.3 Å². The third-order valence-electron chi connectivity index (χ3n) is 11.7. The minimum Gasteiger partial charge on any atom is -0.310 e. The number of hydrogen-bond donors (Lipinski definition) is 0. The molecule has 2 aliphatic carbocycles. The highest BCUT2D eigenvalue weighted by Gasteiger charge is 2.52. The van der Waals surface area contributed by atoms with Crippen LogP contribution < -0.4 is 4.90 Å². The van der Waals surface area contributed by atoms with Crippen molar-refractivity contribution in [3.8, 4) is 44.5 Å². The minimum absolute atomic E-state index is 0.447. The van der Waals surface area contributed by atoms with Crippen molar-refractivity contribution in [3.05, 3.63) is 235 Å². The molecule has 1 heteroatoms. The summed E-state index contributed by atoms with van der Waals surface area (Å²) in [6.45, 7) is 0. The summed E-state index contributed by atoms with van der Waals surface area (Å²) in [5.74, 6) is 0. The molecule has 252 valence electrons. The van der Waals surface area contributed by atoms with Crippen LogP contribution in [-0.2, 0) is 5.41 Å². The Balaban J connectivity index is 1.16. The van der Waals surface area contributed by atoms with Crippen LogP contribution in [0.15, 0.2) is 212 Å². The number of benzene rings is 9. The van der Waals surface area contributed by atoms with E-state index in [1.54, 1.807) is 0 Å². The Morgan fingerprint density at radius 3 is 1.37 bits per heavy atom. The van der Waals surface area contributed by atoms with Crippen molar-refractivity contribution in [1.82, 2.24) is 0 Å². The molecule has 11 rings (SSSR count). The van der Waals surface area contributed by atoms with Gasteiger partial charge in [0, 0.05) is 17.1 Å². The molecule has 1 nitrogen and oxygen atoms in total. The van der Waals surface area contributed by atoms with Crippen LogP contribution in [-0.4, -0.2) is 0 Å². The molecule has 0 fully saturated rings. The van der Waals surface area contributed by atoms with E-state index in [4.69, 9.17) is 0 Å². The molecule has 2 aliphatic rings. The molecule has 9 aromatic rings. The lowest BCUT2D eigenvalue weighted by Gasteiger charge is -2.32. The normalized spacial score (nSPS) is 13.0. The SMILES string of the molecule is c1ccc(-c2ccc(N(c3ccc(-c4ccccc4)cc3)c3ccc4c(c3)C3(c5ccccc5-c5ccccc53)c3ccc5ccccc5c3-4)cc2)cc1. The second-order valence-electron chi connectivity index (χ2n) is 14.4. The first-order valence-corrected chi connectivity index (χ1v) is 18.8. The maximum absolute atomic E-state index is 2.49. The zero-order chi connectivity index (χ0) is 35.6. The van der Waals surface area contributed by atoms with Crippen LogP contribution in [0.25, 0.3) is 55.3 Å². The lowest BCUT2D eigenvalue weighted by atomic mass is 9.70. The van der Waals surface area contributed by atoms with E-state index in [1.165, 1.54) is 77.5 Å². The Morgan fingerprint density at radius 2 is 0.778 bits per heavy atom. The molecule has 1 spiro atoms. The standard InChI is InChI=1S/C53H35N/c1-3-13-36(14-4-1)38-23-28-41(29-24-38)54(42-30-25-39(26-31-42)37-15-5-2-6-16-37)43-32-33-47-51(35-43)53(50-34-27-40-17-7-8-18-44(40)52(47)50)48-21-11-9-19-45(48)46-20-10-12-22-49(46)53/h1-35H. The molecule has 0 bridgehead atoms. The van der Waals surface area contributed by atoms with Gasteiger partial charge in [-0.3, -0.25) is 0 Å². The van der Waals surface area contributed by atoms with Crippen molar-refractivity contribution in [1.29, 1.82) is 0 Å². The summed E-state index contributed by atoms with van der Waals surface area (Å²) < 4.78 is 0. The molecular formula is C53H35N. The molecule has 9 aromatic carbocycles. The van der Waals surface area contributed by atoms with E-state index >= 15 is 0 Å². The average molecular weight is 686 g/mol. The van der Waals surface area contributed by atoms with Crippen LogP contribution in [0.3, 0.4) is 0 Å². The number of rotatable bonds is 5. The van der Waals surface area contributed by atoms with Gasteiger partial charge < -0.3 is 4.90 Å². The van der Waals surface area contributed by atoms with Crippen LogP contribution in [0, 0.1) is 0 Å². The van der Waals surface area contributed by atoms with Gasteiger partial charge in [-0.25, -0.2) is 0 Å². The Hall–Kier alpha value is -6.96. The number of nitrogens with zero attached hydrogens (tertiary/aromatic N) is 1. The van der Waals surface area contributed by atoms with Crippen LogP contribution in [0.5, 0.6) is 0 Å². The van der Waals surface area contributed by atoms with E-state index in [0.717, 1.165) is 17.1 Å². The number of fused-ring (bicyclic) bond motifs is 12. The maximum Gasteiger partial charge on any atom is 0.0726 e. The molecule has 0 amide bonds. The first kappa shape index (κ1) is 30.6. The van der Waals surface area contributed by atoms with E-state index in [2.05, 4.69) is 217 Å². The van der Waals surface area contributed by atoms with Gasteiger partial charge in [-0.15, -0.1) is 0 Å². The van der Waals surface area contributed by atoms with E-state index in [1.807, 2.05) is 0 Å². The summed E-state index contributed by atoms with van der Waals surface area (Å²) in [6, 6.07) is 78.2. The van der Waals surface area contributed by atoms with Gasteiger partial charge in [0.2, 0.25) is 0 Å². The van der Waals surface area contributed by atoms with Gasteiger partial charge in [-0.05, 0) is 114 Å². The zero-order valence-corrected chi connectivity index (χ0v) is 29.7. The Morgan fingerprint density at radius 1 is 0.296 bits per heavy atom. The largest absolute Gasteiger partial charge is 0.310 e. The fourth-order valence-corrected chi connectivity index (χ4v) is 9.35. The monoisotopic (exact) mass is 685 g/mol. The highest BCUT2D eigenvalue weighted by atomic mass is 15.1. The molecule has 0 atom stereocenters. The first-order chi connectivity index (χ1) is 26.8. The van der Waals surface area contributed by atoms with E-state index in [0.29, 0.717) is 0 Å². The fraction of sp³-hybridized carbons (Fsp3) is 0.0189. The second-order valence-corrected chi connectivity index (χ2v) is 14.4. The number of anilines is 3. The molecule has 0 N–H and O–H groups in total. The van der Waals surface area contributed by atoms with E-state index < -0.39 is 5.41 Å². The van der Waals surface area contributed by atoms with E-state index in [-0.39, 0.29) is 0 Å². The molecule has 0 unspecified atom stereocenters. The lowest BCUT2D eigenvalue weighted by Crippen LogP contribution is -2.26. The highest BCUT2D eigenvalue weighted by molar-refractivity contribution is 6.06. The molecule has 0 aliphatic heterocycles. The fourth-order valence-electron chi connectivity index (χ4n) is 9.35. The maximum atomic E-state index is 2.49. The minimum atomic E-state index is -0.447. The topological polar surface area (TPSA) is 3.24 Å². The van der Waals surface area contributed by atoms with Crippen molar-refractivity contribution in [3.63, 3.8) is 0 Å². The lowest BCUT2D eigenvalue weighted by molar-refractivity contribution is 0.794. The van der Waals surface area contributed by atoms with Crippen LogP contribution in [0.4, 0.5) is 17.1 Å². The highest BCUT2D eigenvalue weighted by Crippen LogP contribution is 2.64. The predicted octanol–water partition coefficient (Wildman–Crippen LogP) is 14.0. The van der Waals surface area contributed by atoms with Gasteiger partial charge in [-0.1, -0.05) is 176 Å². The zero-order valence-electron chi connectivity index (χ0n) is 29.7. The van der Waals surface area contributed by atoms with Crippen molar-refractivity contribution in [2.45, 2.75) is 5.41 Å². The van der Waals surface area contributed by atoms with Gasteiger partial charge >= 0.3 is 0 Å². The van der Waals surface area contributed by atoms with Gasteiger partial charge in [0.15, 0.2) is 0 Å². The van der Waals surface area contributed by atoms with Gasteiger partial charge in [0.05, 0.1) is 5.41 Å². The summed E-state index contributed by atoms with van der Waals surface area (Å²) in [4.78, 5) is 2.42. The molecule has 0 aromatic heterocycles. The van der Waals surface area contributed by atoms with Crippen molar-refractivity contribution >= 4 is 27.8 Å². The average Bonchev–Trinajstić information content (AvgIpc) is 3.72. The van der Waals surface area contributed by atoms with Crippen LogP contribution >= 0.6 is 0 Å². The van der Waals surface area contributed by atoms with Crippen molar-refractivity contribution < 1.29 is 0 Å². The summed E-state index contributed by atoms with van der Waals surface area (Å²) in [7, 11) is 0. The summed E-state index contributed by atoms with van der Waals surface area (Å²) in [5, 5.41) is 2.56. The Bertz CT molecular complexity index is 2720. The van der Waals surface area contributed by atoms with Crippen molar-refractivity contribution in [2.24, 2.45) is 0 Å². The smallest absolute Gasteiger partial charge is 0.0726 e. The third kappa shape index (κ3) is 4.45. The third-order valence-corrected chi connectivity index (χ3v) is 11.7. The van der Waals surface area contributed by atoms with Gasteiger partial charge in [0.25, 0.3) is 0 Å². The summed E-state index contributed by atoms with van der Waals surface area (Å²) >= 11 is 0. The molecule has 0 radical (unpaired) electrons. The van der Waals surface area contributed by atoms with E-state index in [9.17, 15) is 0 Å². The molecule has 0 saturated carbocycles. The number of hydrogen-bond acceptors (Lipinski definition) is 1. The van der Waals surface area contributed by atoms with Gasteiger partial charge in [-0.2, -0.15) is 0 Å².